The zero-order valence-corrected chi connectivity index (χ0v) is 13.6. The van der Waals surface area contributed by atoms with Crippen LogP contribution in [0.2, 0.25) is 0 Å². The molecule has 0 aliphatic carbocycles. The summed E-state index contributed by atoms with van der Waals surface area (Å²) in [5.74, 6) is 0.723. The highest BCUT2D eigenvalue weighted by Gasteiger charge is 2.26. The fourth-order valence-corrected chi connectivity index (χ4v) is 3.04. The molecular formula is C18H20FN3O2. The maximum atomic E-state index is 12.9. The Balaban J connectivity index is 1.61. The molecule has 1 atom stereocenters. The maximum Gasteiger partial charge on any atom is 0.238 e. The van der Waals surface area contributed by atoms with Crippen molar-refractivity contribution in [3.63, 3.8) is 0 Å². The van der Waals surface area contributed by atoms with E-state index in [2.05, 4.69) is 9.97 Å². The van der Waals surface area contributed by atoms with Gasteiger partial charge in [-0.25, -0.2) is 9.37 Å². The maximum absolute atomic E-state index is 12.9. The number of benzene rings is 1. The summed E-state index contributed by atoms with van der Waals surface area (Å²) < 4.78 is 18.5. The Morgan fingerprint density at radius 3 is 2.88 bits per heavy atom. The van der Waals surface area contributed by atoms with E-state index in [1.807, 2.05) is 4.90 Å². The number of hydrogen-bond donors (Lipinski definition) is 0. The molecule has 2 heterocycles. The molecule has 1 amide bonds. The van der Waals surface area contributed by atoms with Crippen molar-refractivity contribution in [1.82, 2.24) is 14.9 Å². The van der Waals surface area contributed by atoms with Crippen molar-refractivity contribution >= 4 is 5.91 Å². The Hall–Kier alpha value is -2.50. The summed E-state index contributed by atoms with van der Waals surface area (Å²) in [5.41, 5.74) is 0.824. The van der Waals surface area contributed by atoms with Gasteiger partial charge in [-0.05, 0) is 49.9 Å². The van der Waals surface area contributed by atoms with Gasteiger partial charge in [-0.3, -0.25) is 9.78 Å². The number of rotatable bonds is 5. The molecule has 24 heavy (non-hydrogen) atoms. The van der Waals surface area contributed by atoms with E-state index in [1.165, 1.54) is 18.3 Å². The van der Waals surface area contributed by atoms with Gasteiger partial charge in [0.1, 0.15) is 11.6 Å². The van der Waals surface area contributed by atoms with E-state index in [4.69, 9.17) is 4.74 Å². The van der Waals surface area contributed by atoms with Crippen LogP contribution in [0.3, 0.4) is 0 Å². The average molecular weight is 329 g/mol. The standard InChI is InChI=1S/C18H20FN3O2/c1-13(23)22-10-2-3-16(22)7-6-15-11-20-12-18(21-15)24-17-8-4-14(19)5-9-17/h4-5,8-9,11-12,16H,2-3,6-7,10H2,1H3. The molecule has 0 spiro atoms. The van der Waals surface area contributed by atoms with Crippen LogP contribution in [-0.4, -0.2) is 33.4 Å². The van der Waals surface area contributed by atoms with Gasteiger partial charge in [0.15, 0.2) is 0 Å². The third kappa shape index (κ3) is 4.07. The van der Waals surface area contributed by atoms with Crippen molar-refractivity contribution in [2.45, 2.75) is 38.6 Å². The van der Waals surface area contributed by atoms with Crippen molar-refractivity contribution < 1.29 is 13.9 Å². The second-order valence-corrected chi connectivity index (χ2v) is 5.95. The third-order valence-electron chi connectivity index (χ3n) is 4.21. The Bertz CT molecular complexity index is 706. The van der Waals surface area contributed by atoms with Gasteiger partial charge < -0.3 is 9.64 Å². The number of amides is 1. The Morgan fingerprint density at radius 2 is 2.12 bits per heavy atom. The normalized spacial score (nSPS) is 17.1. The minimum atomic E-state index is -0.311. The minimum Gasteiger partial charge on any atom is -0.437 e. The molecule has 0 N–H and O–H groups in total. The second-order valence-electron chi connectivity index (χ2n) is 5.95. The molecule has 1 unspecified atom stereocenters. The molecule has 3 rings (SSSR count). The van der Waals surface area contributed by atoms with Gasteiger partial charge in [0, 0.05) is 25.7 Å². The van der Waals surface area contributed by atoms with E-state index in [0.717, 1.165) is 37.9 Å². The summed E-state index contributed by atoms with van der Waals surface area (Å²) in [6.45, 7) is 2.47. The molecule has 0 radical (unpaired) electrons. The lowest BCUT2D eigenvalue weighted by atomic mass is 10.1. The highest BCUT2D eigenvalue weighted by molar-refractivity contribution is 5.73. The predicted molar refractivity (Wildman–Crippen MR) is 87.2 cm³/mol. The fraction of sp³-hybridized carbons (Fsp3) is 0.389. The van der Waals surface area contributed by atoms with Gasteiger partial charge in [-0.2, -0.15) is 0 Å². The van der Waals surface area contributed by atoms with Crippen molar-refractivity contribution in [2.75, 3.05) is 6.54 Å². The molecule has 1 aliphatic heterocycles. The van der Waals surface area contributed by atoms with Crippen LogP contribution in [-0.2, 0) is 11.2 Å². The van der Waals surface area contributed by atoms with Crippen molar-refractivity contribution in [2.24, 2.45) is 0 Å². The lowest BCUT2D eigenvalue weighted by molar-refractivity contribution is -0.129. The Kier molecular flexibility index (Phi) is 5.03. The predicted octanol–water partition coefficient (Wildman–Crippen LogP) is 3.35. The number of carbonyl (C=O) groups excluding carboxylic acids is 1. The third-order valence-corrected chi connectivity index (χ3v) is 4.21. The minimum absolute atomic E-state index is 0.136. The highest BCUT2D eigenvalue weighted by atomic mass is 19.1. The number of carbonyl (C=O) groups is 1. The molecule has 6 heteroatoms. The molecule has 1 aromatic heterocycles. The fourth-order valence-electron chi connectivity index (χ4n) is 3.04. The van der Waals surface area contributed by atoms with Crippen molar-refractivity contribution in [1.29, 1.82) is 0 Å². The lowest BCUT2D eigenvalue weighted by Gasteiger charge is -2.23. The van der Waals surface area contributed by atoms with Gasteiger partial charge in [0.05, 0.1) is 11.9 Å². The molecule has 2 aromatic rings. The van der Waals surface area contributed by atoms with E-state index in [1.54, 1.807) is 25.3 Å². The van der Waals surface area contributed by atoms with E-state index < -0.39 is 0 Å². The van der Waals surface area contributed by atoms with Crippen LogP contribution in [0.4, 0.5) is 4.39 Å². The topological polar surface area (TPSA) is 55.3 Å². The first-order chi connectivity index (χ1) is 11.6. The quantitative estimate of drug-likeness (QED) is 0.844. The van der Waals surface area contributed by atoms with Gasteiger partial charge >= 0.3 is 0 Å². The van der Waals surface area contributed by atoms with Crippen LogP contribution in [0, 0.1) is 5.82 Å². The lowest BCUT2D eigenvalue weighted by Crippen LogP contribution is -2.33. The zero-order chi connectivity index (χ0) is 16.9. The molecule has 0 bridgehead atoms. The number of hydrogen-bond acceptors (Lipinski definition) is 4. The summed E-state index contributed by atoms with van der Waals surface area (Å²) in [4.78, 5) is 22.1. The van der Waals surface area contributed by atoms with Crippen LogP contribution in [0.25, 0.3) is 0 Å². The number of aromatic nitrogens is 2. The van der Waals surface area contributed by atoms with Crippen LogP contribution in [0.5, 0.6) is 11.6 Å². The number of likely N-dealkylation sites (tertiary alicyclic amines) is 1. The zero-order valence-electron chi connectivity index (χ0n) is 13.6. The van der Waals surface area contributed by atoms with Gasteiger partial charge in [0.25, 0.3) is 0 Å². The molecule has 5 nitrogen and oxygen atoms in total. The summed E-state index contributed by atoms with van der Waals surface area (Å²) in [6, 6.07) is 6.05. The van der Waals surface area contributed by atoms with Gasteiger partial charge in [-0.15, -0.1) is 0 Å². The van der Waals surface area contributed by atoms with Crippen molar-refractivity contribution in [3.8, 4) is 11.6 Å². The molecule has 0 saturated carbocycles. The number of ether oxygens (including phenoxy) is 1. The first-order valence-corrected chi connectivity index (χ1v) is 8.13. The molecule has 1 fully saturated rings. The van der Waals surface area contributed by atoms with Crippen LogP contribution >= 0.6 is 0 Å². The first kappa shape index (κ1) is 16.4. The molecule has 126 valence electrons. The number of nitrogens with zero attached hydrogens (tertiary/aromatic N) is 3. The van der Waals surface area contributed by atoms with Crippen LogP contribution in [0.1, 0.15) is 31.9 Å². The van der Waals surface area contributed by atoms with Crippen LogP contribution < -0.4 is 4.74 Å². The molecule has 1 aromatic carbocycles. The first-order valence-electron chi connectivity index (χ1n) is 8.13. The van der Waals surface area contributed by atoms with Gasteiger partial charge in [0.2, 0.25) is 11.8 Å². The Labute approximate surface area is 140 Å². The highest BCUT2D eigenvalue weighted by Crippen LogP contribution is 2.23. The number of halogens is 1. The van der Waals surface area contributed by atoms with E-state index in [9.17, 15) is 9.18 Å². The van der Waals surface area contributed by atoms with Gasteiger partial charge in [-0.1, -0.05) is 0 Å². The smallest absolute Gasteiger partial charge is 0.238 e. The average Bonchev–Trinajstić information content (AvgIpc) is 3.04. The number of aryl methyl sites for hydroxylation is 1. The summed E-state index contributed by atoms with van der Waals surface area (Å²) in [6.07, 6.45) is 6.95. The van der Waals surface area contributed by atoms with Crippen LogP contribution in [0.15, 0.2) is 36.7 Å². The van der Waals surface area contributed by atoms with E-state index in [-0.39, 0.29) is 17.8 Å². The SMILES string of the molecule is CC(=O)N1CCCC1CCc1cncc(Oc2ccc(F)cc2)n1. The summed E-state index contributed by atoms with van der Waals surface area (Å²) >= 11 is 0. The van der Waals surface area contributed by atoms with E-state index >= 15 is 0 Å². The molecule has 1 aliphatic rings. The Morgan fingerprint density at radius 1 is 1.33 bits per heavy atom. The second kappa shape index (κ2) is 7.38. The monoisotopic (exact) mass is 329 g/mol. The molecule has 1 saturated heterocycles. The molecular weight excluding hydrogens is 309 g/mol. The summed E-state index contributed by atoms with van der Waals surface area (Å²) in [7, 11) is 0. The largest absolute Gasteiger partial charge is 0.437 e. The van der Waals surface area contributed by atoms with Crippen molar-refractivity contribution in [3.05, 3.63) is 48.2 Å². The summed E-state index contributed by atoms with van der Waals surface area (Å²) in [5, 5.41) is 0. The van der Waals surface area contributed by atoms with E-state index in [0.29, 0.717) is 11.6 Å².